The molecule has 0 rings (SSSR count). The third-order valence-corrected chi connectivity index (χ3v) is 10.6. The second-order valence-electron chi connectivity index (χ2n) is 15.7. The molecule has 0 aliphatic heterocycles. The number of carbonyl (C=O) groups excluding carboxylic acids is 1. The standard InChI is InChI=1S/C40H83N2O6P/c1-6-8-10-12-13-14-15-16-17-18-19-20-21-22-23-24-25-26-27-28-29-30-31-33-39(43)38(41-40(44)34-32-11-9-7-2)37-48-49(45,46)47-36-35-42(3,4)5/h38-39,43H,6-37H2,1-5H3,(H-,41,44,45,46). The Balaban J connectivity index is 3.99. The first-order valence-electron chi connectivity index (χ1n) is 20.9. The van der Waals surface area contributed by atoms with Gasteiger partial charge in [-0.1, -0.05) is 181 Å². The number of likely N-dealkylation sites (N-methyl/N-ethyl adjacent to an activating group) is 1. The maximum absolute atomic E-state index is 12.5. The van der Waals surface area contributed by atoms with Gasteiger partial charge < -0.3 is 28.8 Å². The van der Waals surface area contributed by atoms with E-state index in [1.807, 2.05) is 21.1 Å². The van der Waals surface area contributed by atoms with Crippen molar-refractivity contribution in [2.75, 3.05) is 40.9 Å². The van der Waals surface area contributed by atoms with Gasteiger partial charge in [0.25, 0.3) is 7.82 Å². The number of rotatable bonds is 38. The summed E-state index contributed by atoms with van der Waals surface area (Å²) < 4.78 is 23.0. The third kappa shape index (κ3) is 35.7. The lowest BCUT2D eigenvalue weighted by Crippen LogP contribution is -2.46. The second-order valence-corrected chi connectivity index (χ2v) is 17.1. The van der Waals surface area contributed by atoms with E-state index in [1.165, 1.54) is 128 Å². The Morgan fingerprint density at radius 3 is 1.39 bits per heavy atom. The maximum Gasteiger partial charge on any atom is 0.268 e. The van der Waals surface area contributed by atoms with Crippen LogP contribution in [0, 0.1) is 0 Å². The predicted octanol–water partition coefficient (Wildman–Crippen LogP) is 10.4. The molecule has 3 unspecified atom stereocenters. The fourth-order valence-electron chi connectivity index (χ4n) is 6.22. The predicted molar refractivity (Wildman–Crippen MR) is 206 cm³/mol. The number of carbonyl (C=O) groups is 1. The van der Waals surface area contributed by atoms with Crippen molar-refractivity contribution in [1.82, 2.24) is 5.32 Å². The lowest BCUT2D eigenvalue weighted by Gasteiger charge is -2.30. The van der Waals surface area contributed by atoms with Crippen LogP contribution in [0.4, 0.5) is 0 Å². The van der Waals surface area contributed by atoms with E-state index in [4.69, 9.17) is 9.05 Å². The van der Waals surface area contributed by atoms with Crippen molar-refractivity contribution in [2.24, 2.45) is 0 Å². The number of nitrogens with zero attached hydrogens (tertiary/aromatic N) is 1. The molecule has 294 valence electrons. The fourth-order valence-corrected chi connectivity index (χ4v) is 6.94. The highest BCUT2D eigenvalue weighted by atomic mass is 31.2. The van der Waals surface area contributed by atoms with Crippen LogP contribution < -0.4 is 10.2 Å². The Morgan fingerprint density at radius 1 is 0.633 bits per heavy atom. The van der Waals surface area contributed by atoms with Crippen LogP contribution in [-0.2, 0) is 18.4 Å². The summed E-state index contributed by atoms with van der Waals surface area (Å²) in [5, 5.41) is 13.7. The molecular formula is C40H83N2O6P. The molecule has 1 amide bonds. The molecule has 0 radical (unpaired) electrons. The van der Waals surface area contributed by atoms with Crippen LogP contribution in [0.15, 0.2) is 0 Å². The zero-order chi connectivity index (χ0) is 36.5. The zero-order valence-corrected chi connectivity index (χ0v) is 34.1. The van der Waals surface area contributed by atoms with Gasteiger partial charge in [0.05, 0.1) is 39.9 Å². The normalized spacial score (nSPS) is 14.5. The first-order valence-corrected chi connectivity index (χ1v) is 22.3. The number of unbranched alkanes of at least 4 members (excludes halogenated alkanes) is 25. The number of aliphatic hydroxyl groups excluding tert-OH is 1. The van der Waals surface area contributed by atoms with Gasteiger partial charge in [-0.3, -0.25) is 9.36 Å². The second kappa shape index (κ2) is 33.3. The number of hydrogen-bond donors (Lipinski definition) is 2. The number of phosphoric ester groups is 1. The van der Waals surface area contributed by atoms with Gasteiger partial charge in [-0.15, -0.1) is 0 Å². The highest BCUT2D eigenvalue weighted by Gasteiger charge is 2.24. The molecule has 0 aliphatic rings. The molecule has 0 bridgehead atoms. The molecule has 3 atom stereocenters. The molecule has 49 heavy (non-hydrogen) atoms. The fraction of sp³-hybridized carbons (Fsp3) is 0.975. The maximum atomic E-state index is 12.5. The van der Waals surface area contributed by atoms with E-state index in [9.17, 15) is 19.4 Å². The minimum atomic E-state index is -4.54. The Kier molecular flexibility index (Phi) is 33.0. The summed E-state index contributed by atoms with van der Waals surface area (Å²) in [4.78, 5) is 24.9. The van der Waals surface area contributed by atoms with E-state index in [1.54, 1.807) is 0 Å². The summed E-state index contributed by atoms with van der Waals surface area (Å²) in [6.45, 7) is 4.60. The number of phosphoric acid groups is 1. The summed E-state index contributed by atoms with van der Waals surface area (Å²) in [7, 11) is 1.31. The van der Waals surface area contributed by atoms with Gasteiger partial charge in [-0.05, 0) is 12.8 Å². The zero-order valence-electron chi connectivity index (χ0n) is 33.2. The Labute approximate surface area is 304 Å². The molecule has 0 saturated carbocycles. The van der Waals surface area contributed by atoms with Crippen molar-refractivity contribution in [3.63, 3.8) is 0 Å². The smallest absolute Gasteiger partial charge is 0.268 e. The highest BCUT2D eigenvalue weighted by molar-refractivity contribution is 7.45. The molecule has 8 nitrogen and oxygen atoms in total. The molecular weight excluding hydrogens is 635 g/mol. The van der Waals surface area contributed by atoms with Crippen LogP contribution in [0.5, 0.6) is 0 Å². The molecule has 0 heterocycles. The average Bonchev–Trinajstić information content (AvgIpc) is 3.04. The van der Waals surface area contributed by atoms with E-state index in [2.05, 4.69) is 19.2 Å². The van der Waals surface area contributed by atoms with Crippen LogP contribution in [0.2, 0.25) is 0 Å². The van der Waals surface area contributed by atoms with Crippen molar-refractivity contribution >= 4 is 13.7 Å². The lowest BCUT2D eigenvalue weighted by molar-refractivity contribution is -0.870. The minimum absolute atomic E-state index is 0.0147. The van der Waals surface area contributed by atoms with E-state index < -0.39 is 20.0 Å². The van der Waals surface area contributed by atoms with Crippen LogP contribution in [0.25, 0.3) is 0 Å². The molecule has 2 N–H and O–H groups in total. The molecule has 0 aromatic carbocycles. The highest BCUT2D eigenvalue weighted by Crippen LogP contribution is 2.38. The van der Waals surface area contributed by atoms with Gasteiger partial charge in [-0.25, -0.2) is 0 Å². The van der Waals surface area contributed by atoms with Gasteiger partial charge >= 0.3 is 0 Å². The minimum Gasteiger partial charge on any atom is -0.756 e. The molecule has 0 aromatic rings. The molecule has 0 aliphatic carbocycles. The largest absolute Gasteiger partial charge is 0.756 e. The topological polar surface area (TPSA) is 108 Å². The number of amides is 1. The summed E-state index contributed by atoms with van der Waals surface area (Å²) in [6, 6.07) is -0.789. The number of aliphatic hydroxyl groups is 1. The van der Waals surface area contributed by atoms with E-state index >= 15 is 0 Å². The van der Waals surface area contributed by atoms with Crippen LogP contribution in [0.3, 0.4) is 0 Å². The van der Waals surface area contributed by atoms with Crippen molar-refractivity contribution in [3.05, 3.63) is 0 Å². The third-order valence-electron chi connectivity index (χ3n) is 9.60. The molecule has 0 spiro atoms. The van der Waals surface area contributed by atoms with Crippen molar-refractivity contribution < 1.29 is 32.9 Å². The van der Waals surface area contributed by atoms with E-state index in [0.717, 1.165) is 44.9 Å². The monoisotopic (exact) mass is 719 g/mol. The summed E-state index contributed by atoms with van der Waals surface area (Å²) in [5.74, 6) is -0.181. The van der Waals surface area contributed by atoms with E-state index in [-0.39, 0.29) is 19.1 Å². The Hall–Kier alpha value is -0.500. The van der Waals surface area contributed by atoms with Crippen molar-refractivity contribution in [3.8, 4) is 0 Å². The first kappa shape index (κ1) is 48.5. The summed E-state index contributed by atoms with van der Waals surface area (Å²) in [6.07, 6.45) is 34.6. The van der Waals surface area contributed by atoms with Crippen LogP contribution >= 0.6 is 7.82 Å². The Bertz CT molecular complexity index is 778. The number of quaternary nitrogens is 1. The molecule has 0 aromatic heterocycles. The molecule has 9 heteroatoms. The lowest BCUT2D eigenvalue weighted by atomic mass is 10.0. The van der Waals surface area contributed by atoms with Crippen LogP contribution in [-0.4, -0.2) is 68.5 Å². The quantitative estimate of drug-likeness (QED) is 0.0374. The van der Waals surface area contributed by atoms with Gasteiger partial charge in [0.15, 0.2) is 0 Å². The molecule has 0 fully saturated rings. The Morgan fingerprint density at radius 2 is 1.00 bits per heavy atom. The summed E-state index contributed by atoms with van der Waals surface area (Å²) in [5.41, 5.74) is 0. The van der Waals surface area contributed by atoms with Crippen molar-refractivity contribution in [1.29, 1.82) is 0 Å². The van der Waals surface area contributed by atoms with Gasteiger partial charge in [-0.2, -0.15) is 0 Å². The van der Waals surface area contributed by atoms with Gasteiger partial charge in [0, 0.05) is 6.42 Å². The SMILES string of the molecule is CCCCCCCCCCCCCCCCCCCCCCCCCC(O)C(COP(=O)([O-])OCC[N+](C)(C)C)NC(=O)CCCCCC. The summed E-state index contributed by atoms with van der Waals surface area (Å²) >= 11 is 0. The van der Waals surface area contributed by atoms with E-state index in [0.29, 0.717) is 23.9 Å². The van der Waals surface area contributed by atoms with Crippen LogP contribution in [0.1, 0.15) is 200 Å². The van der Waals surface area contributed by atoms with Crippen molar-refractivity contribution in [2.45, 2.75) is 212 Å². The van der Waals surface area contributed by atoms with Gasteiger partial charge in [0.1, 0.15) is 13.2 Å². The average molecular weight is 719 g/mol. The number of nitrogens with one attached hydrogen (secondary N) is 1. The number of hydrogen-bond acceptors (Lipinski definition) is 6. The molecule has 0 saturated heterocycles. The first-order chi connectivity index (χ1) is 23.5. The van der Waals surface area contributed by atoms with Gasteiger partial charge in [0.2, 0.25) is 5.91 Å².